The summed E-state index contributed by atoms with van der Waals surface area (Å²) in [5.41, 5.74) is 2.76. The molecule has 0 aliphatic heterocycles. The van der Waals surface area contributed by atoms with Gasteiger partial charge >= 0.3 is 0 Å². The van der Waals surface area contributed by atoms with Gasteiger partial charge in [0.15, 0.2) is 0 Å². The SMILES string of the molecule is CC(C1CC1)N(C)CC(=O)N(C)C1CCCc2ccccc21. The van der Waals surface area contributed by atoms with Crippen LogP contribution in [0.25, 0.3) is 0 Å². The Labute approximate surface area is 134 Å². The third-order valence-electron chi connectivity index (χ3n) is 5.58. The minimum absolute atomic E-state index is 0.247. The van der Waals surface area contributed by atoms with Crippen molar-refractivity contribution < 1.29 is 4.79 Å². The lowest BCUT2D eigenvalue weighted by atomic mass is 9.87. The summed E-state index contributed by atoms with van der Waals surface area (Å²) in [6.45, 7) is 2.79. The van der Waals surface area contributed by atoms with E-state index in [1.54, 1.807) is 0 Å². The number of nitrogens with zero attached hydrogens (tertiary/aromatic N) is 2. The lowest BCUT2D eigenvalue weighted by molar-refractivity contribution is -0.133. The van der Waals surface area contributed by atoms with Crippen LogP contribution in [-0.2, 0) is 11.2 Å². The summed E-state index contributed by atoms with van der Waals surface area (Å²) in [5, 5.41) is 0. The van der Waals surface area contributed by atoms with Crippen LogP contribution in [0.2, 0.25) is 0 Å². The second kappa shape index (κ2) is 6.41. The van der Waals surface area contributed by atoms with Crippen molar-refractivity contribution in [1.82, 2.24) is 9.80 Å². The van der Waals surface area contributed by atoms with Gasteiger partial charge in [-0.3, -0.25) is 9.69 Å². The van der Waals surface area contributed by atoms with E-state index in [1.165, 1.54) is 30.4 Å². The molecule has 0 bridgehead atoms. The van der Waals surface area contributed by atoms with Crippen LogP contribution in [0.3, 0.4) is 0 Å². The zero-order valence-corrected chi connectivity index (χ0v) is 14.1. The van der Waals surface area contributed by atoms with E-state index in [1.807, 2.05) is 11.9 Å². The van der Waals surface area contributed by atoms with Crippen molar-refractivity contribution in [2.75, 3.05) is 20.6 Å². The molecule has 3 rings (SSSR count). The van der Waals surface area contributed by atoms with E-state index in [4.69, 9.17) is 0 Å². The van der Waals surface area contributed by atoms with Gasteiger partial charge < -0.3 is 4.90 Å². The van der Waals surface area contributed by atoms with Gasteiger partial charge in [-0.1, -0.05) is 24.3 Å². The van der Waals surface area contributed by atoms with E-state index in [0.29, 0.717) is 12.6 Å². The van der Waals surface area contributed by atoms with Gasteiger partial charge in [0.25, 0.3) is 0 Å². The molecule has 3 nitrogen and oxygen atoms in total. The third kappa shape index (κ3) is 3.19. The standard InChI is InChI=1S/C19H28N2O/c1-14(15-11-12-15)20(2)13-19(22)21(3)18-10-6-8-16-7-4-5-9-17(16)18/h4-5,7,9,14-15,18H,6,8,10-13H2,1-3H3. The minimum Gasteiger partial charge on any atom is -0.338 e. The fourth-order valence-electron chi connectivity index (χ4n) is 3.71. The summed E-state index contributed by atoms with van der Waals surface area (Å²) in [4.78, 5) is 16.9. The number of aryl methyl sites for hydroxylation is 1. The van der Waals surface area contributed by atoms with Gasteiger partial charge in [-0.25, -0.2) is 0 Å². The summed E-state index contributed by atoms with van der Waals surface area (Å²) in [7, 11) is 4.06. The predicted octanol–water partition coefficient (Wildman–Crippen LogP) is 3.25. The molecule has 1 saturated carbocycles. The van der Waals surface area contributed by atoms with Crippen molar-refractivity contribution in [2.45, 2.75) is 51.1 Å². The molecule has 3 heteroatoms. The lowest BCUT2D eigenvalue weighted by Crippen LogP contribution is -2.43. The van der Waals surface area contributed by atoms with Gasteiger partial charge in [-0.2, -0.15) is 0 Å². The first-order valence-electron chi connectivity index (χ1n) is 8.61. The van der Waals surface area contributed by atoms with Crippen molar-refractivity contribution in [1.29, 1.82) is 0 Å². The largest absolute Gasteiger partial charge is 0.338 e. The molecule has 1 amide bonds. The molecule has 120 valence electrons. The van der Waals surface area contributed by atoms with Gasteiger partial charge in [-0.15, -0.1) is 0 Å². The first kappa shape index (κ1) is 15.5. The number of carbonyl (C=O) groups excluding carboxylic acids is 1. The van der Waals surface area contributed by atoms with Crippen molar-refractivity contribution in [3.8, 4) is 0 Å². The van der Waals surface area contributed by atoms with Gasteiger partial charge in [0.05, 0.1) is 12.6 Å². The first-order chi connectivity index (χ1) is 10.6. The Morgan fingerprint density at radius 1 is 1.23 bits per heavy atom. The Morgan fingerprint density at radius 3 is 2.68 bits per heavy atom. The normalized spacial score (nSPS) is 22.3. The number of hydrogen-bond acceptors (Lipinski definition) is 2. The summed E-state index contributed by atoms with van der Waals surface area (Å²) in [6.07, 6.45) is 6.05. The van der Waals surface area contributed by atoms with E-state index in [2.05, 4.69) is 43.1 Å². The van der Waals surface area contributed by atoms with E-state index < -0.39 is 0 Å². The Bertz CT molecular complexity index is 538. The zero-order valence-electron chi connectivity index (χ0n) is 14.1. The quantitative estimate of drug-likeness (QED) is 0.833. The molecular weight excluding hydrogens is 272 g/mol. The molecule has 2 unspecified atom stereocenters. The average molecular weight is 300 g/mol. The van der Waals surface area contributed by atoms with E-state index in [-0.39, 0.29) is 11.9 Å². The van der Waals surface area contributed by atoms with Crippen LogP contribution < -0.4 is 0 Å². The number of benzene rings is 1. The smallest absolute Gasteiger partial charge is 0.237 e. The predicted molar refractivity (Wildman–Crippen MR) is 89.7 cm³/mol. The summed E-state index contributed by atoms with van der Waals surface area (Å²) in [6, 6.07) is 9.38. The van der Waals surface area contributed by atoms with Crippen LogP contribution in [-0.4, -0.2) is 42.4 Å². The molecule has 0 aromatic heterocycles. The van der Waals surface area contributed by atoms with Gasteiger partial charge in [0, 0.05) is 13.1 Å². The molecule has 0 N–H and O–H groups in total. The average Bonchev–Trinajstić information content (AvgIpc) is 3.37. The van der Waals surface area contributed by atoms with Crippen LogP contribution in [0.15, 0.2) is 24.3 Å². The molecular formula is C19H28N2O. The fourth-order valence-corrected chi connectivity index (χ4v) is 3.71. The number of amides is 1. The highest BCUT2D eigenvalue weighted by atomic mass is 16.2. The Kier molecular flexibility index (Phi) is 4.53. The maximum Gasteiger partial charge on any atom is 0.237 e. The van der Waals surface area contributed by atoms with Crippen LogP contribution in [0.4, 0.5) is 0 Å². The molecule has 2 atom stereocenters. The minimum atomic E-state index is 0.247. The van der Waals surface area contributed by atoms with Gasteiger partial charge in [0.2, 0.25) is 5.91 Å². The van der Waals surface area contributed by atoms with Crippen LogP contribution in [0.5, 0.6) is 0 Å². The molecule has 1 aromatic rings. The summed E-state index contributed by atoms with van der Waals surface area (Å²) in [5.74, 6) is 1.05. The van der Waals surface area contributed by atoms with E-state index >= 15 is 0 Å². The highest BCUT2D eigenvalue weighted by Crippen LogP contribution is 2.35. The van der Waals surface area contributed by atoms with Gasteiger partial charge in [0.1, 0.15) is 0 Å². The topological polar surface area (TPSA) is 23.6 Å². The maximum absolute atomic E-state index is 12.7. The van der Waals surface area contributed by atoms with Crippen molar-refractivity contribution >= 4 is 5.91 Å². The van der Waals surface area contributed by atoms with Crippen LogP contribution in [0.1, 0.15) is 49.8 Å². The fraction of sp³-hybridized carbons (Fsp3) is 0.632. The third-order valence-corrected chi connectivity index (χ3v) is 5.58. The van der Waals surface area contributed by atoms with Crippen molar-refractivity contribution in [3.05, 3.63) is 35.4 Å². The second-order valence-corrected chi connectivity index (χ2v) is 7.10. The Hall–Kier alpha value is -1.35. The molecule has 2 aliphatic rings. The second-order valence-electron chi connectivity index (χ2n) is 7.10. The monoisotopic (exact) mass is 300 g/mol. The molecule has 0 spiro atoms. The molecule has 0 radical (unpaired) electrons. The van der Waals surface area contributed by atoms with Crippen molar-refractivity contribution in [2.24, 2.45) is 5.92 Å². The highest BCUT2D eigenvalue weighted by molar-refractivity contribution is 5.78. The summed E-state index contributed by atoms with van der Waals surface area (Å²) < 4.78 is 0. The summed E-state index contributed by atoms with van der Waals surface area (Å²) >= 11 is 0. The number of likely N-dealkylation sites (N-methyl/N-ethyl adjacent to an activating group) is 2. The number of hydrogen-bond donors (Lipinski definition) is 0. The molecule has 0 heterocycles. The molecule has 22 heavy (non-hydrogen) atoms. The number of fused-ring (bicyclic) bond motifs is 1. The van der Waals surface area contributed by atoms with E-state index in [9.17, 15) is 4.79 Å². The first-order valence-corrected chi connectivity index (χ1v) is 8.61. The molecule has 1 aromatic carbocycles. The van der Waals surface area contributed by atoms with Crippen LogP contribution in [0, 0.1) is 5.92 Å². The van der Waals surface area contributed by atoms with Crippen LogP contribution >= 0.6 is 0 Å². The maximum atomic E-state index is 12.7. The highest BCUT2D eigenvalue weighted by Gasteiger charge is 2.32. The molecule has 1 fully saturated rings. The zero-order chi connectivity index (χ0) is 15.7. The Balaban J connectivity index is 1.66. The van der Waals surface area contributed by atoms with Crippen molar-refractivity contribution in [3.63, 3.8) is 0 Å². The van der Waals surface area contributed by atoms with Gasteiger partial charge in [-0.05, 0) is 63.1 Å². The van der Waals surface area contributed by atoms with E-state index in [0.717, 1.165) is 18.8 Å². The number of rotatable bonds is 5. The molecule has 0 saturated heterocycles. The lowest BCUT2D eigenvalue weighted by Gasteiger charge is -2.35. The Morgan fingerprint density at radius 2 is 1.95 bits per heavy atom. The number of carbonyl (C=O) groups is 1. The molecule has 2 aliphatic carbocycles.